The summed E-state index contributed by atoms with van der Waals surface area (Å²) in [5, 5.41) is 13.3. The quantitative estimate of drug-likeness (QED) is 0.602. The van der Waals surface area contributed by atoms with E-state index in [4.69, 9.17) is 0 Å². The van der Waals surface area contributed by atoms with Crippen molar-refractivity contribution in [2.45, 2.75) is 51.6 Å². The highest BCUT2D eigenvalue weighted by molar-refractivity contribution is 4.92. The lowest BCUT2D eigenvalue weighted by molar-refractivity contribution is 0.136. The van der Waals surface area contributed by atoms with E-state index in [0.29, 0.717) is 12.0 Å². The standard InChI is InChI=1S/C16H35N3O/c1-14(2)12-19(11-10-18(4)5)9-8-16(3,13-20)17-15-6-7-15/h14-15,17,20H,6-13H2,1-5H3. The molecule has 0 heterocycles. The summed E-state index contributed by atoms with van der Waals surface area (Å²) >= 11 is 0. The van der Waals surface area contributed by atoms with Gasteiger partial charge in [0.2, 0.25) is 0 Å². The van der Waals surface area contributed by atoms with E-state index in [2.05, 4.69) is 50.0 Å². The Morgan fingerprint density at radius 2 is 1.85 bits per heavy atom. The van der Waals surface area contributed by atoms with Gasteiger partial charge in [0.15, 0.2) is 0 Å². The molecule has 0 aromatic rings. The average molecular weight is 285 g/mol. The summed E-state index contributed by atoms with van der Waals surface area (Å²) in [6, 6.07) is 0.646. The summed E-state index contributed by atoms with van der Waals surface area (Å²) in [5.74, 6) is 0.689. The van der Waals surface area contributed by atoms with Gasteiger partial charge in [-0.3, -0.25) is 0 Å². The monoisotopic (exact) mass is 285 g/mol. The van der Waals surface area contributed by atoms with E-state index in [-0.39, 0.29) is 12.1 Å². The molecule has 1 aliphatic carbocycles. The number of likely N-dealkylation sites (N-methyl/N-ethyl adjacent to an activating group) is 1. The first-order valence-corrected chi connectivity index (χ1v) is 8.10. The first-order chi connectivity index (χ1) is 9.34. The number of hydrogen-bond acceptors (Lipinski definition) is 4. The zero-order valence-corrected chi connectivity index (χ0v) is 14.2. The van der Waals surface area contributed by atoms with Gasteiger partial charge in [-0.25, -0.2) is 0 Å². The summed E-state index contributed by atoms with van der Waals surface area (Å²) < 4.78 is 0. The lowest BCUT2D eigenvalue weighted by atomic mass is 9.98. The highest BCUT2D eigenvalue weighted by Crippen LogP contribution is 2.24. The van der Waals surface area contributed by atoms with E-state index in [1.807, 2.05) is 0 Å². The fourth-order valence-corrected chi connectivity index (χ4v) is 2.47. The lowest BCUT2D eigenvalue weighted by Gasteiger charge is -2.33. The van der Waals surface area contributed by atoms with Crippen LogP contribution in [0.2, 0.25) is 0 Å². The second-order valence-electron chi connectivity index (χ2n) is 7.39. The molecule has 120 valence electrons. The van der Waals surface area contributed by atoms with Crippen LogP contribution in [0.15, 0.2) is 0 Å². The van der Waals surface area contributed by atoms with Crippen molar-refractivity contribution in [3.8, 4) is 0 Å². The fraction of sp³-hybridized carbons (Fsp3) is 1.00. The normalized spacial score (nSPS) is 19.1. The Labute approximate surface area is 125 Å². The minimum atomic E-state index is -0.117. The van der Waals surface area contributed by atoms with Crippen LogP contribution in [0.1, 0.15) is 40.0 Å². The molecule has 0 aliphatic heterocycles. The predicted octanol–water partition coefficient (Wildman–Crippen LogP) is 1.40. The van der Waals surface area contributed by atoms with Crippen molar-refractivity contribution in [3.63, 3.8) is 0 Å². The molecule has 1 unspecified atom stereocenters. The SMILES string of the molecule is CC(C)CN(CCN(C)C)CCC(C)(CO)NC1CC1. The Balaban J connectivity index is 2.40. The molecule has 1 atom stereocenters. The molecule has 1 fully saturated rings. The van der Waals surface area contributed by atoms with Crippen LogP contribution in [0, 0.1) is 5.92 Å². The third-order valence-electron chi connectivity index (χ3n) is 3.95. The van der Waals surface area contributed by atoms with E-state index >= 15 is 0 Å². The molecule has 0 amide bonds. The Morgan fingerprint density at radius 1 is 1.20 bits per heavy atom. The zero-order chi connectivity index (χ0) is 15.2. The Bertz CT molecular complexity index is 266. The lowest BCUT2D eigenvalue weighted by Crippen LogP contribution is -2.49. The van der Waals surface area contributed by atoms with E-state index in [1.165, 1.54) is 12.8 Å². The summed E-state index contributed by atoms with van der Waals surface area (Å²) in [6.07, 6.45) is 3.55. The van der Waals surface area contributed by atoms with Gasteiger partial charge in [-0.15, -0.1) is 0 Å². The van der Waals surface area contributed by atoms with Crippen molar-refractivity contribution in [1.82, 2.24) is 15.1 Å². The Kier molecular flexibility index (Phi) is 7.45. The minimum Gasteiger partial charge on any atom is -0.394 e. The molecule has 0 bridgehead atoms. The van der Waals surface area contributed by atoms with Crippen LogP contribution >= 0.6 is 0 Å². The topological polar surface area (TPSA) is 38.7 Å². The van der Waals surface area contributed by atoms with Crippen molar-refractivity contribution in [2.75, 3.05) is 46.9 Å². The van der Waals surface area contributed by atoms with Gasteiger partial charge in [-0.05, 0) is 46.2 Å². The van der Waals surface area contributed by atoms with Gasteiger partial charge in [0.25, 0.3) is 0 Å². The van der Waals surface area contributed by atoms with Crippen LogP contribution in [0.4, 0.5) is 0 Å². The summed E-state index contributed by atoms with van der Waals surface area (Å²) in [6.45, 7) is 11.3. The van der Waals surface area contributed by atoms with Gasteiger partial charge in [0, 0.05) is 37.8 Å². The Morgan fingerprint density at radius 3 is 2.30 bits per heavy atom. The van der Waals surface area contributed by atoms with Crippen molar-refractivity contribution < 1.29 is 5.11 Å². The van der Waals surface area contributed by atoms with Gasteiger partial charge < -0.3 is 20.2 Å². The first kappa shape index (κ1) is 17.9. The number of aliphatic hydroxyl groups is 1. The number of aliphatic hydroxyl groups excluding tert-OH is 1. The highest BCUT2D eigenvalue weighted by atomic mass is 16.3. The molecule has 1 aliphatic rings. The average Bonchev–Trinajstić information content (AvgIpc) is 3.16. The summed E-state index contributed by atoms with van der Waals surface area (Å²) in [5.41, 5.74) is -0.117. The van der Waals surface area contributed by atoms with Gasteiger partial charge in [-0.1, -0.05) is 13.8 Å². The molecule has 0 aromatic heterocycles. The largest absolute Gasteiger partial charge is 0.394 e. The minimum absolute atomic E-state index is 0.117. The van der Waals surface area contributed by atoms with Crippen LogP contribution in [0.3, 0.4) is 0 Å². The molecular formula is C16H35N3O. The van der Waals surface area contributed by atoms with Crippen molar-refractivity contribution in [2.24, 2.45) is 5.92 Å². The van der Waals surface area contributed by atoms with E-state index < -0.39 is 0 Å². The molecular weight excluding hydrogens is 250 g/mol. The molecule has 2 N–H and O–H groups in total. The fourth-order valence-electron chi connectivity index (χ4n) is 2.47. The molecule has 4 heteroatoms. The number of nitrogens with one attached hydrogen (secondary N) is 1. The van der Waals surface area contributed by atoms with E-state index in [9.17, 15) is 5.11 Å². The first-order valence-electron chi connectivity index (χ1n) is 8.10. The van der Waals surface area contributed by atoms with Crippen LogP contribution < -0.4 is 5.32 Å². The molecule has 1 rings (SSSR count). The van der Waals surface area contributed by atoms with Crippen LogP contribution in [-0.2, 0) is 0 Å². The second kappa shape index (κ2) is 8.32. The second-order valence-corrected chi connectivity index (χ2v) is 7.39. The van der Waals surface area contributed by atoms with Gasteiger partial charge >= 0.3 is 0 Å². The maximum atomic E-state index is 9.69. The summed E-state index contributed by atoms with van der Waals surface area (Å²) in [7, 11) is 4.25. The van der Waals surface area contributed by atoms with Crippen LogP contribution in [0.25, 0.3) is 0 Å². The maximum Gasteiger partial charge on any atom is 0.0611 e. The van der Waals surface area contributed by atoms with Crippen LogP contribution in [0.5, 0.6) is 0 Å². The number of nitrogens with zero attached hydrogens (tertiary/aromatic N) is 2. The van der Waals surface area contributed by atoms with Crippen LogP contribution in [-0.4, -0.2) is 73.4 Å². The maximum absolute atomic E-state index is 9.69. The molecule has 0 saturated heterocycles. The van der Waals surface area contributed by atoms with Crippen molar-refractivity contribution >= 4 is 0 Å². The molecule has 0 spiro atoms. The van der Waals surface area contributed by atoms with Gasteiger partial charge in [0.1, 0.15) is 0 Å². The molecule has 4 nitrogen and oxygen atoms in total. The zero-order valence-electron chi connectivity index (χ0n) is 14.2. The predicted molar refractivity (Wildman–Crippen MR) is 86.1 cm³/mol. The van der Waals surface area contributed by atoms with E-state index in [1.54, 1.807) is 0 Å². The smallest absolute Gasteiger partial charge is 0.0611 e. The molecule has 20 heavy (non-hydrogen) atoms. The number of rotatable bonds is 11. The highest BCUT2D eigenvalue weighted by Gasteiger charge is 2.32. The molecule has 0 aromatic carbocycles. The van der Waals surface area contributed by atoms with Gasteiger partial charge in [-0.2, -0.15) is 0 Å². The number of hydrogen-bond donors (Lipinski definition) is 2. The third-order valence-corrected chi connectivity index (χ3v) is 3.95. The van der Waals surface area contributed by atoms with E-state index in [0.717, 1.165) is 32.6 Å². The van der Waals surface area contributed by atoms with Crippen molar-refractivity contribution in [3.05, 3.63) is 0 Å². The third kappa shape index (κ3) is 7.58. The Hall–Kier alpha value is -0.160. The summed E-state index contributed by atoms with van der Waals surface area (Å²) in [4.78, 5) is 4.77. The van der Waals surface area contributed by atoms with Gasteiger partial charge in [0.05, 0.1) is 6.61 Å². The van der Waals surface area contributed by atoms with Crippen molar-refractivity contribution in [1.29, 1.82) is 0 Å². The molecule has 1 saturated carbocycles. The molecule has 0 radical (unpaired) electrons.